The molecule has 0 aliphatic rings. The van der Waals surface area contributed by atoms with Crippen LogP contribution in [0, 0.1) is 0 Å². The van der Waals surface area contributed by atoms with E-state index in [0.29, 0.717) is 23.5 Å². The number of para-hydroxylation sites is 1. The quantitative estimate of drug-likeness (QED) is 0.632. The van der Waals surface area contributed by atoms with Gasteiger partial charge in [-0.2, -0.15) is 0 Å². The first-order chi connectivity index (χ1) is 9.69. The van der Waals surface area contributed by atoms with Gasteiger partial charge in [-0.05, 0) is 36.4 Å². The van der Waals surface area contributed by atoms with Crippen molar-refractivity contribution in [2.75, 3.05) is 0 Å². The third-order valence-electron chi connectivity index (χ3n) is 2.56. The molecular formula is C16H14O4. The Balaban J connectivity index is 2.02. The molecule has 0 heterocycles. The van der Waals surface area contributed by atoms with Gasteiger partial charge in [-0.1, -0.05) is 25.1 Å². The maximum absolute atomic E-state index is 11.9. The summed E-state index contributed by atoms with van der Waals surface area (Å²) in [7, 11) is 0. The summed E-state index contributed by atoms with van der Waals surface area (Å²) in [6.07, 6.45) is 0.303. The smallest absolute Gasteiger partial charge is 0.343 e. The van der Waals surface area contributed by atoms with Crippen LogP contribution in [-0.4, -0.2) is 11.9 Å². The molecule has 2 rings (SSSR count). The predicted molar refractivity (Wildman–Crippen MR) is 73.8 cm³/mol. The third kappa shape index (κ3) is 3.68. The van der Waals surface area contributed by atoms with Crippen molar-refractivity contribution in [2.45, 2.75) is 13.3 Å². The summed E-state index contributed by atoms with van der Waals surface area (Å²) in [5, 5.41) is 0. The normalized spacial score (nSPS) is 9.85. The second-order valence-corrected chi connectivity index (χ2v) is 4.05. The van der Waals surface area contributed by atoms with Gasteiger partial charge in [-0.15, -0.1) is 0 Å². The Kier molecular flexibility index (Phi) is 4.50. The van der Waals surface area contributed by atoms with Crippen molar-refractivity contribution in [1.82, 2.24) is 0 Å². The fraction of sp³-hybridized carbons (Fsp3) is 0.125. The molecule has 0 aliphatic heterocycles. The molecule has 0 N–H and O–H groups in total. The van der Waals surface area contributed by atoms with Crippen LogP contribution in [0.5, 0.6) is 11.5 Å². The SMILES string of the molecule is CCC(=O)Oc1ccc(C(=O)Oc2ccccc2)cc1. The van der Waals surface area contributed by atoms with E-state index in [0.717, 1.165) is 0 Å². The molecule has 2 aromatic carbocycles. The van der Waals surface area contributed by atoms with Gasteiger partial charge in [0.15, 0.2) is 0 Å². The Bertz CT molecular complexity index is 588. The first kappa shape index (κ1) is 13.8. The Morgan fingerprint density at radius 1 is 0.850 bits per heavy atom. The fourth-order valence-corrected chi connectivity index (χ4v) is 1.52. The summed E-state index contributed by atoms with van der Waals surface area (Å²) in [6.45, 7) is 1.72. The van der Waals surface area contributed by atoms with Gasteiger partial charge >= 0.3 is 11.9 Å². The van der Waals surface area contributed by atoms with Crippen LogP contribution in [0.15, 0.2) is 54.6 Å². The Morgan fingerprint density at radius 3 is 2.05 bits per heavy atom. The van der Waals surface area contributed by atoms with Gasteiger partial charge in [-0.25, -0.2) is 4.79 Å². The first-order valence-corrected chi connectivity index (χ1v) is 6.27. The van der Waals surface area contributed by atoms with Gasteiger partial charge in [0.2, 0.25) is 0 Å². The molecule has 0 saturated heterocycles. The Labute approximate surface area is 116 Å². The topological polar surface area (TPSA) is 52.6 Å². The van der Waals surface area contributed by atoms with Gasteiger partial charge < -0.3 is 9.47 Å². The highest BCUT2D eigenvalue weighted by atomic mass is 16.5. The minimum absolute atomic E-state index is 0.303. The predicted octanol–water partition coefficient (Wildman–Crippen LogP) is 3.22. The molecule has 4 heteroatoms. The van der Waals surface area contributed by atoms with Crippen molar-refractivity contribution < 1.29 is 19.1 Å². The highest BCUT2D eigenvalue weighted by Gasteiger charge is 2.09. The van der Waals surface area contributed by atoms with Gasteiger partial charge in [0.25, 0.3) is 0 Å². The van der Waals surface area contributed by atoms with Gasteiger partial charge in [0, 0.05) is 6.42 Å². The summed E-state index contributed by atoms with van der Waals surface area (Å²) in [4.78, 5) is 23.0. The van der Waals surface area contributed by atoms with E-state index >= 15 is 0 Å². The van der Waals surface area contributed by atoms with Crippen LogP contribution in [-0.2, 0) is 4.79 Å². The minimum atomic E-state index is -0.454. The summed E-state index contributed by atoms with van der Waals surface area (Å²) >= 11 is 0. The second-order valence-electron chi connectivity index (χ2n) is 4.05. The fourth-order valence-electron chi connectivity index (χ4n) is 1.52. The molecule has 4 nitrogen and oxygen atoms in total. The van der Waals surface area contributed by atoms with Crippen LogP contribution in [0.4, 0.5) is 0 Å². The minimum Gasteiger partial charge on any atom is -0.427 e. The number of hydrogen-bond acceptors (Lipinski definition) is 4. The first-order valence-electron chi connectivity index (χ1n) is 6.27. The van der Waals surface area contributed by atoms with Gasteiger partial charge in [0.05, 0.1) is 5.56 Å². The molecule has 102 valence electrons. The molecule has 20 heavy (non-hydrogen) atoms. The van der Waals surface area contributed by atoms with Crippen LogP contribution in [0.2, 0.25) is 0 Å². The average Bonchev–Trinajstić information content (AvgIpc) is 2.49. The molecule has 0 saturated carbocycles. The van der Waals surface area contributed by atoms with Crippen molar-refractivity contribution in [3.05, 3.63) is 60.2 Å². The van der Waals surface area contributed by atoms with Crippen LogP contribution < -0.4 is 9.47 Å². The highest BCUT2D eigenvalue weighted by molar-refractivity contribution is 5.91. The average molecular weight is 270 g/mol. The number of ether oxygens (including phenoxy) is 2. The molecule has 0 fully saturated rings. The second kappa shape index (κ2) is 6.52. The van der Waals surface area contributed by atoms with E-state index in [4.69, 9.17) is 9.47 Å². The van der Waals surface area contributed by atoms with Crippen molar-refractivity contribution in [3.8, 4) is 11.5 Å². The molecule has 0 spiro atoms. The van der Waals surface area contributed by atoms with Crippen LogP contribution in [0.25, 0.3) is 0 Å². The van der Waals surface area contributed by atoms with E-state index in [9.17, 15) is 9.59 Å². The van der Waals surface area contributed by atoms with Crippen LogP contribution in [0.3, 0.4) is 0 Å². The Morgan fingerprint density at radius 2 is 1.45 bits per heavy atom. The molecule has 0 atom stereocenters. The number of rotatable bonds is 4. The van der Waals surface area contributed by atoms with E-state index in [2.05, 4.69) is 0 Å². The summed E-state index contributed by atoms with van der Waals surface area (Å²) in [5.41, 5.74) is 0.394. The van der Waals surface area contributed by atoms with Crippen LogP contribution in [0.1, 0.15) is 23.7 Å². The molecular weight excluding hydrogens is 256 g/mol. The summed E-state index contributed by atoms with van der Waals surface area (Å²) in [6, 6.07) is 15.1. The maximum Gasteiger partial charge on any atom is 0.343 e. The van der Waals surface area contributed by atoms with Crippen molar-refractivity contribution >= 4 is 11.9 Å². The molecule has 0 aliphatic carbocycles. The number of benzene rings is 2. The largest absolute Gasteiger partial charge is 0.427 e. The van der Waals surface area contributed by atoms with Crippen molar-refractivity contribution in [2.24, 2.45) is 0 Å². The maximum atomic E-state index is 11.9. The van der Waals surface area contributed by atoms with Crippen molar-refractivity contribution in [3.63, 3.8) is 0 Å². The zero-order valence-electron chi connectivity index (χ0n) is 11.0. The monoisotopic (exact) mass is 270 g/mol. The zero-order chi connectivity index (χ0) is 14.4. The third-order valence-corrected chi connectivity index (χ3v) is 2.56. The lowest BCUT2D eigenvalue weighted by Gasteiger charge is -2.05. The molecule has 0 bridgehead atoms. The van der Waals surface area contributed by atoms with E-state index in [1.807, 2.05) is 6.07 Å². The van der Waals surface area contributed by atoms with E-state index in [-0.39, 0.29) is 5.97 Å². The molecule has 0 amide bonds. The van der Waals surface area contributed by atoms with Gasteiger partial charge in [0.1, 0.15) is 11.5 Å². The number of carbonyl (C=O) groups is 2. The van der Waals surface area contributed by atoms with E-state index in [1.54, 1.807) is 55.5 Å². The molecule has 0 radical (unpaired) electrons. The standard InChI is InChI=1S/C16H14O4/c1-2-15(17)19-14-10-8-12(9-11-14)16(18)20-13-6-4-3-5-7-13/h3-11H,2H2,1H3. The van der Waals surface area contributed by atoms with E-state index < -0.39 is 5.97 Å². The van der Waals surface area contributed by atoms with Crippen molar-refractivity contribution in [1.29, 1.82) is 0 Å². The van der Waals surface area contributed by atoms with Crippen LogP contribution >= 0.6 is 0 Å². The lowest BCUT2D eigenvalue weighted by Crippen LogP contribution is -2.09. The lowest BCUT2D eigenvalue weighted by atomic mass is 10.2. The summed E-state index contributed by atoms with van der Waals surface area (Å²) < 4.78 is 10.2. The number of hydrogen-bond donors (Lipinski definition) is 0. The van der Waals surface area contributed by atoms with E-state index in [1.165, 1.54) is 0 Å². The van der Waals surface area contributed by atoms with Gasteiger partial charge in [-0.3, -0.25) is 4.79 Å². The lowest BCUT2D eigenvalue weighted by molar-refractivity contribution is -0.134. The zero-order valence-corrected chi connectivity index (χ0v) is 11.0. The number of esters is 2. The molecule has 2 aromatic rings. The number of carbonyl (C=O) groups excluding carboxylic acids is 2. The Hall–Kier alpha value is -2.62. The highest BCUT2D eigenvalue weighted by Crippen LogP contribution is 2.15. The molecule has 0 aromatic heterocycles. The summed E-state index contributed by atoms with van der Waals surface area (Å²) in [5.74, 6) is 0.126. The molecule has 0 unspecified atom stereocenters.